The van der Waals surface area contributed by atoms with Crippen LogP contribution < -0.4 is 24.3 Å². The summed E-state index contributed by atoms with van der Waals surface area (Å²) < 4.78 is 47.6. The molecule has 0 radical (unpaired) electrons. The Morgan fingerprint density at radius 2 is 1.84 bits per heavy atom. The third-order valence-corrected chi connectivity index (χ3v) is 7.12. The van der Waals surface area contributed by atoms with Crippen LogP contribution in [0.1, 0.15) is 58.6 Å². The van der Waals surface area contributed by atoms with Crippen LogP contribution in [0.25, 0.3) is 0 Å². The molecule has 2 N–H and O–H groups in total. The summed E-state index contributed by atoms with van der Waals surface area (Å²) in [6.07, 6.45) is -1.60. The quantitative estimate of drug-likeness (QED) is 0.484. The number of aromatic carboxylic acids is 1. The van der Waals surface area contributed by atoms with Crippen molar-refractivity contribution in [3.05, 3.63) is 77.1 Å². The predicted octanol–water partition coefficient (Wildman–Crippen LogP) is 4.52. The van der Waals surface area contributed by atoms with Gasteiger partial charge in [0.15, 0.2) is 11.5 Å². The Bertz CT molecular complexity index is 1440. The van der Waals surface area contributed by atoms with Gasteiger partial charge in [0, 0.05) is 24.2 Å². The van der Waals surface area contributed by atoms with E-state index < -0.39 is 29.8 Å². The minimum Gasteiger partial charge on any atom is -0.497 e. The molecule has 196 valence electrons. The van der Waals surface area contributed by atoms with Crippen LogP contribution in [0.4, 0.5) is 8.78 Å². The number of hydrogen-bond acceptors (Lipinski definition) is 7. The maximum atomic E-state index is 13.6. The van der Waals surface area contributed by atoms with Gasteiger partial charge in [-0.05, 0) is 54.8 Å². The number of hydrogen-bond donors (Lipinski definition) is 2. The predicted molar refractivity (Wildman–Crippen MR) is 127 cm³/mol. The van der Waals surface area contributed by atoms with Crippen LogP contribution in [0.5, 0.6) is 23.0 Å². The molecule has 0 unspecified atom stereocenters. The smallest absolute Gasteiger partial charge is 0.497 e. The zero-order valence-electron chi connectivity index (χ0n) is 20.1. The highest BCUT2D eigenvalue weighted by Crippen LogP contribution is 2.52. The largest absolute Gasteiger partial charge is 0.586 e. The Morgan fingerprint density at radius 1 is 1.05 bits per heavy atom. The van der Waals surface area contributed by atoms with Crippen molar-refractivity contribution in [3.8, 4) is 23.0 Å². The van der Waals surface area contributed by atoms with Gasteiger partial charge in [0.05, 0.1) is 29.8 Å². The zero-order chi connectivity index (χ0) is 26.7. The molecule has 0 spiro atoms. The minimum atomic E-state index is -3.74. The van der Waals surface area contributed by atoms with Crippen LogP contribution >= 0.6 is 0 Å². The average Bonchev–Trinajstić information content (AvgIpc) is 3.65. The highest BCUT2D eigenvalue weighted by atomic mass is 19.3. The molecule has 0 saturated heterocycles. The van der Waals surface area contributed by atoms with Crippen LogP contribution in [0.3, 0.4) is 0 Å². The fraction of sp³-hybridized carbons (Fsp3) is 0.296. The number of pyridine rings is 1. The number of ether oxygens (including phenoxy) is 4. The van der Waals surface area contributed by atoms with Crippen LogP contribution in [0.2, 0.25) is 0 Å². The average molecular weight is 524 g/mol. The second-order valence-corrected chi connectivity index (χ2v) is 9.46. The lowest BCUT2D eigenvalue weighted by Gasteiger charge is -2.33. The number of aromatic nitrogens is 1. The lowest BCUT2D eigenvalue weighted by Crippen LogP contribution is -2.39. The van der Waals surface area contributed by atoms with Crippen molar-refractivity contribution in [3.63, 3.8) is 0 Å². The lowest BCUT2D eigenvalue weighted by atomic mass is 9.91. The summed E-state index contributed by atoms with van der Waals surface area (Å²) in [5.41, 5.74) is 1.00. The number of carbonyl (C=O) groups is 2. The monoisotopic (exact) mass is 524 g/mol. The first kappa shape index (κ1) is 24.0. The topological polar surface area (TPSA) is 116 Å². The summed E-state index contributed by atoms with van der Waals surface area (Å²) in [7, 11) is 1.53. The molecule has 2 aliphatic heterocycles. The molecule has 1 saturated carbocycles. The van der Waals surface area contributed by atoms with Gasteiger partial charge in [-0.3, -0.25) is 9.78 Å². The molecule has 2 atom stereocenters. The Hall–Kier alpha value is -4.41. The molecule has 38 heavy (non-hydrogen) atoms. The van der Waals surface area contributed by atoms with Crippen molar-refractivity contribution in [1.29, 1.82) is 0 Å². The van der Waals surface area contributed by atoms with Crippen molar-refractivity contribution in [2.75, 3.05) is 7.11 Å². The molecule has 1 fully saturated rings. The summed E-state index contributed by atoms with van der Waals surface area (Å²) >= 11 is 0. The molecule has 1 aromatic heterocycles. The van der Waals surface area contributed by atoms with Crippen molar-refractivity contribution in [2.24, 2.45) is 0 Å². The number of carbonyl (C=O) groups excluding carboxylic acids is 1. The lowest BCUT2D eigenvalue weighted by molar-refractivity contribution is -0.286. The highest BCUT2D eigenvalue weighted by molar-refractivity contribution is 5.92. The molecule has 2 aromatic carbocycles. The summed E-state index contributed by atoms with van der Waals surface area (Å²) in [5, 5.41) is 12.3. The van der Waals surface area contributed by atoms with Crippen molar-refractivity contribution < 1.29 is 42.4 Å². The number of rotatable bonds is 6. The fourth-order valence-corrected chi connectivity index (χ4v) is 4.93. The van der Waals surface area contributed by atoms with Gasteiger partial charge in [-0.2, -0.15) is 0 Å². The number of carboxylic acids is 1. The SMILES string of the molecule is COc1ccc2c(c1)O[C@@H](c1ccc(C(=O)O)cn1)C[C@@H]2NC(=O)C1(c2ccc3c(c2)OC(F)(F)O3)CC1. The van der Waals surface area contributed by atoms with E-state index in [9.17, 15) is 23.5 Å². The van der Waals surface area contributed by atoms with Gasteiger partial charge in [-0.1, -0.05) is 6.07 Å². The van der Waals surface area contributed by atoms with E-state index in [0.717, 1.165) is 5.56 Å². The Kier molecular flexibility index (Phi) is 5.41. The molecule has 6 rings (SSSR count). The standard InChI is InChI=1S/C27H22F2N2O7/c1-35-16-4-5-17-19(12-22(36-21(17)11-16)18-6-2-14(13-30-18)24(32)33)31-25(34)26(8-9-26)15-3-7-20-23(10-15)38-27(28,29)37-20/h2-7,10-11,13,19,22H,8-9,12H2,1H3,(H,31,34)(H,32,33)/t19-,22+/m0/s1. The van der Waals surface area contributed by atoms with E-state index in [1.54, 1.807) is 24.3 Å². The van der Waals surface area contributed by atoms with E-state index >= 15 is 0 Å². The molecule has 3 aliphatic rings. The Balaban J connectivity index is 1.28. The second kappa shape index (κ2) is 8.57. The fourth-order valence-electron chi connectivity index (χ4n) is 4.93. The first-order chi connectivity index (χ1) is 18.2. The molecule has 11 heteroatoms. The number of amides is 1. The van der Waals surface area contributed by atoms with Gasteiger partial charge in [0.25, 0.3) is 0 Å². The van der Waals surface area contributed by atoms with Gasteiger partial charge in [-0.25, -0.2) is 4.79 Å². The molecule has 9 nitrogen and oxygen atoms in total. The minimum absolute atomic E-state index is 0.0497. The molecule has 0 bridgehead atoms. The van der Waals surface area contributed by atoms with E-state index in [1.165, 1.54) is 31.5 Å². The van der Waals surface area contributed by atoms with E-state index in [0.29, 0.717) is 42.0 Å². The van der Waals surface area contributed by atoms with E-state index in [2.05, 4.69) is 19.8 Å². The van der Waals surface area contributed by atoms with Crippen molar-refractivity contribution in [2.45, 2.75) is 43.1 Å². The third kappa shape index (κ3) is 4.13. The normalized spacial score (nSPS) is 21.6. The third-order valence-electron chi connectivity index (χ3n) is 7.12. The van der Waals surface area contributed by atoms with Crippen LogP contribution in [0, 0.1) is 0 Å². The summed E-state index contributed by atoms with van der Waals surface area (Å²) in [4.78, 5) is 29.1. The maximum absolute atomic E-state index is 13.6. The number of halogens is 2. The number of alkyl halides is 2. The van der Waals surface area contributed by atoms with Gasteiger partial charge < -0.3 is 29.4 Å². The number of nitrogens with zero attached hydrogens (tertiary/aromatic N) is 1. The van der Waals surface area contributed by atoms with Crippen LogP contribution in [0.15, 0.2) is 54.7 Å². The van der Waals surface area contributed by atoms with Crippen LogP contribution in [-0.2, 0) is 10.2 Å². The van der Waals surface area contributed by atoms with Gasteiger partial charge in [0.2, 0.25) is 5.91 Å². The number of carboxylic acid groups (broad SMARTS) is 1. The number of methoxy groups -OCH3 is 1. The summed E-state index contributed by atoms with van der Waals surface area (Å²) in [5.74, 6) is -0.442. The molecular formula is C27H22F2N2O7. The van der Waals surface area contributed by atoms with Gasteiger partial charge in [-0.15, -0.1) is 8.78 Å². The van der Waals surface area contributed by atoms with Gasteiger partial charge in [0.1, 0.15) is 17.6 Å². The van der Waals surface area contributed by atoms with E-state index in [4.69, 9.17) is 9.47 Å². The van der Waals surface area contributed by atoms with Crippen LogP contribution in [-0.4, -0.2) is 35.4 Å². The summed E-state index contributed by atoms with van der Waals surface area (Å²) in [6.45, 7) is 0. The maximum Gasteiger partial charge on any atom is 0.586 e. The van der Waals surface area contributed by atoms with E-state index in [-0.39, 0.29) is 23.0 Å². The molecule has 3 heterocycles. The first-order valence-electron chi connectivity index (χ1n) is 11.9. The zero-order valence-corrected chi connectivity index (χ0v) is 20.1. The molecule has 1 amide bonds. The van der Waals surface area contributed by atoms with E-state index in [1.807, 2.05) is 6.07 Å². The Morgan fingerprint density at radius 3 is 2.53 bits per heavy atom. The number of benzene rings is 2. The second-order valence-electron chi connectivity index (χ2n) is 9.46. The summed E-state index contributed by atoms with van der Waals surface area (Å²) in [6, 6.07) is 12.3. The first-order valence-corrected chi connectivity index (χ1v) is 11.9. The van der Waals surface area contributed by atoms with Gasteiger partial charge >= 0.3 is 12.3 Å². The molecular weight excluding hydrogens is 502 g/mol. The van der Waals surface area contributed by atoms with Crippen molar-refractivity contribution in [1.82, 2.24) is 10.3 Å². The van der Waals surface area contributed by atoms with Crippen molar-refractivity contribution >= 4 is 11.9 Å². The number of nitrogens with one attached hydrogen (secondary N) is 1. The molecule has 1 aliphatic carbocycles. The number of fused-ring (bicyclic) bond motifs is 2. The Labute approximate surface area is 215 Å². The highest BCUT2D eigenvalue weighted by Gasteiger charge is 2.53. The molecule has 3 aromatic rings.